The highest BCUT2D eigenvalue weighted by Crippen LogP contribution is 2.21. The second-order valence-electron chi connectivity index (χ2n) is 6.13. The van der Waals surface area contributed by atoms with Crippen molar-refractivity contribution >= 4 is 0 Å². The zero-order valence-electron chi connectivity index (χ0n) is 13.4. The van der Waals surface area contributed by atoms with Crippen molar-refractivity contribution in [2.45, 2.75) is 57.8 Å². The molecule has 1 aliphatic heterocycles. The molecule has 1 aromatic rings. The maximum Gasteiger partial charge on any atom is 0.0900 e. The fraction of sp³-hybridized carbons (Fsp3) is 0.667. The van der Waals surface area contributed by atoms with Crippen LogP contribution in [0.1, 0.15) is 51.2 Å². The fourth-order valence-electron chi connectivity index (χ4n) is 3.10. The standard InChI is InChI=1S/C18H29NO2/c1-3-18(16-10-5-4-6-11-16)21-14-17(20)13-19-12-8-7-9-15(19)2/h4-6,10-11,15,17-18,20H,3,7-9,12-14H2,1-2H3/t15-,17-,18+/m0/s1. The second kappa shape index (κ2) is 8.52. The Morgan fingerprint density at radius 2 is 2.05 bits per heavy atom. The molecule has 3 heteroatoms. The summed E-state index contributed by atoms with van der Waals surface area (Å²) in [5, 5.41) is 10.2. The molecular weight excluding hydrogens is 262 g/mol. The summed E-state index contributed by atoms with van der Waals surface area (Å²) in [6.07, 6.45) is 4.42. The lowest BCUT2D eigenvalue weighted by molar-refractivity contribution is -0.0303. The number of benzene rings is 1. The van der Waals surface area contributed by atoms with Crippen molar-refractivity contribution in [1.82, 2.24) is 4.90 Å². The van der Waals surface area contributed by atoms with Crippen molar-refractivity contribution in [1.29, 1.82) is 0 Å². The van der Waals surface area contributed by atoms with E-state index in [1.54, 1.807) is 0 Å². The molecule has 1 heterocycles. The molecule has 0 saturated carbocycles. The molecule has 0 radical (unpaired) electrons. The van der Waals surface area contributed by atoms with Crippen molar-refractivity contribution < 1.29 is 9.84 Å². The summed E-state index contributed by atoms with van der Waals surface area (Å²) in [5.41, 5.74) is 1.19. The van der Waals surface area contributed by atoms with Gasteiger partial charge in [0.15, 0.2) is 0 Å². The van der Waals surface area contributed by atoms with Crippen LogP contribution in [-0.2, 0) is 4.74 Å². The first-order chi connectivity index (χ1) is 10.2. The lowest BCUT2D eigenvalue weighted by Crippen LogP contribution is -2.43. The maximum atomic E-state index is 10.2. The smallest absolute Gasteiger partial charge is 0.0900 e. The Hall–Kier alpha value is -0.900. The van der Waals surface area contributed by atoms with E-state index in [1.165, 1.54) is 24.8 Å². The monoisotopic (exact) mass is 291 g/mol. The Kier molecular flexibility index (Phi) is 6.68. The minimum absolute atomic E-state index is 0.0830. The molecule has 0 bridgehead atoms. The molecular formula is C18H29NO2. The van der Waals surface area contributed by atoms with Crippen LogP contribution in [0.25, 0.3) is 0 Å². The van der Waals surface area contributed by atoms with Crippen LogP contribution < -0.4 is 0 Å². The van der Waals surface area contributed by atoms with E-state index < -0.39 is 6.10 Å². The van der Waals surface area contributed by atoms with Gasteiger partial charge in [-0.15, -0.1) is 0 Å². The number of rotatable bonds is 7. The molecule has 0 aliphatic carbocycles. The molecule has 0 unspecified atom stereocenters. The van der Waals surface area contributed by atoms with Crippen LogP contribution in [0, 0.1) is 0 Å². The van der Waals surface area contributed by atoms with E-state index in [0.717, 1.165) is 19.5 Å². The summed E-state index contributed by atoms with van der Waals surface area (Å²) in [6.45, 7) is 6.62. The Labute approximate surface area is 128 Å². The maximum absolute atomic E-state index is 10.2. The number of likely N-dealkylation sites (tertiary alicyclic amines) is 1. The Balaban J connectivity index is 1.78. The molecule has 2 rings (SSSR count). The molecule has 0 amide bonds. The third-order valence-electron chi connectivity index (χ3n) is 4.42. The Bertz CT molecular complexity index is 395. The SMILES string of the molecule is CC[C@@H](OC[C@@H](O)CN1CCCC[C@@H]1C)c1ccccc1. The number of hydrogen-bond acceptors (Lipinski definition) is 3. The topological polar surface area (TPSA) is 32.7 Å². The van der Waals surface area contributed by atoms with Gasteiger partial charge in [0.1, 0.15) is 0 Å². The molecule has 1 aliphatic rings. The lowest BCUT2D eigenvalue weighted by Gasteiger charge is -2.34. The van der Waals surface area contributed by atoms with Gasteiger partial charge in [-0.25, -0.2) is 0 Å². The van der Waals surface area contributed by atoms with Crippen molar-refractivity contribution in [3.05, 3.63) is 35.9 Å². The van der Waals surface area contributed by atoms with Crippen molar-refractivity contribution in [2.75, 3.05) is 19.7 Å². The van der Waals surface area contributed by atoms with Gasteiger partial charge in [-0.05, 0) is 38.3 Å². The van der Waals surface area contributed by atoms with E-state index in [2.05, 4.69) is 30.9 Å². The van der Waals surface area contributed by atoms with E-state index in [1.807, 2.05) is 18.2 Å². The van der Waals surface area contributed by atoms with E-state index in [4.69, 9.17) is 4.74 Å². The summed E-state index contributed by atoms with van der Waals surface area (Å²) in [4.78, 5) is 2.39. The molecule has 21 heavy (non-hydrogen) atoms. The number of hydrogen-bond donors (Lipinski definition) is 1. The first-order valence-corrected chi connectivity index (χ1v) is 8.29. The average molecular weight is 291 g/mol. The summed E-state index contributed by atoms with van der Waals surface area (Å²) < 4.78 is 5.94. The van der Waals surface area contributed by atoms with Gasteiger partial charge in [0.2, 0.25) is 0 Å². The third kappa shape index (κ3) is 5.10. The van der Waals surface area contributed by atoms with Gasteiger partial charge >= 0.3 is 0 Å². The zero-order chi connectivity index (χ0) is 15.1. The highest BCUT2D eigenvalue weighted by Gasteiger charge is 2.21. The van der Waals surface area contributed by atoms with Crippen molar-refractivity contribution in [3.63, 3.8) is 0 Å². The van der Waals surface area contributed by atoms with Crippen LogP contribution in [0.2, 0.25) is 0 Å². The van der Waals surface area contributed by atoms with Crippen LogP contribution in [0.3, 0.4) is 0 Å². The molecule has 3 nitrogen and oxygen atoms in total. The number of aliphatic hydroxyl groups is 1. The molecule has 0 spiro atoms. The van der Waals surface area contributed by atoms with Crippen molar-refractivity contribution in [3.8, 4) is 0 Å². The Morgan fingerprint density at radius 1 is 1.29 bits per heavy atom. The highest BCUT2D eigenvalue weighted by atomic mass is 16.5. The van der Waals surface area contributed by atoms with Crippen LogP contribution in [0.4, 0.5) is 0 Å². The molecule has 1 aromatic carbocycles. The van der Waals surface area contributed by atoms with Gasteiger partial charge in [-0.3, -0.25) is 4.90 Å². The second-order valence-corrected chi connectivity index (χ2v) is 6.13. The zero-order valence-corrected chi connectivity index (χ0v) is 13.4. The number of β-amino-alcohol motifs (C(OH)–C–C–N with tert-alkyl or cyclic N) is 1. The third-order valence-corrected chi connectivity index (χ3v) is 4.42. The number of nitrogens with zero attached hydrogens (tertiary/aromatic N) is 1. The predicted molar refractivity (Wildman–Crippen MR) is 86.3 cm³/mol. The van der Waals surface area contributed by atoms with E-state index >= 15 is 0 Å². The molecule has 1 saturated heterocycles. The Morgan fingerprint density at radius 3 is 2.71 bits per heavy atom. The first kappa shape index (κ1) is 16.5. The minimum atomic E-state index is -0.400. The first-order valence-electron chi connectivity index (χ1n) is 8.29. The summed E-state index contributed by atoms with van der Waals surface area (Å²) in [6, 6.07) is 10.9. The van der Waals surface area contributed by atoms with Gasteiger partial charge in [-0.1, -0.05) is 43.7 Å². The molecule has 118 valence electrons. The van der Waals surface area contributed by atoms with Crippen LogP contribution in [0.15, 0.2) is 30.3 Å². The van der Waals surface area contributed by atoms with Crippen molar-refractivity contribution in [2.24, 2.45) is 0 Å². The average Bonchev–Trinajstić information content (AvgIpc) is 2.51. The molecule has 0 aromatic heterocycles. The molecule has 1 N–H and O–H groups in total. The number of aliphatic hydroxyl groups excluding tert-OH is 1. The van der Waals surface area contributed by atoms with Gasteiger partial charge in [0.05, 0.1) is 18.8 Å². The van der Waals surface area contributed by atoms with Gasteiger partial charge in [0.25, 0.3) is 0 Å². The minimum Gasteiger partial charge on any atom is -0.389 e. The summed E-state index contributed by atoms with van der Waals surface area (Å²) >= 11 is 0. The van der Waals surface area contributed by atoms with Crippen LogP contribution >= 0.6 is 0 Å². The molecule has 1 fully saturated rings. The van der Waals surface area contributed by atoms with E-state index in [9.17, 15) is 5.11 Å². The number of ether oxygens (including phenoxy) is 1. The summed E-state index contributed by atoms with van der Waals surface area (Å²) in [7, 11) is 0. The van der Waals surface area contributed by atoms with Gasteiger partial charge < -0.3 is 9.84 Å². The fourth-order valence-corrected chi connectivity index (χ4v) is 3.10. The number of piperidine rings is 1. The molecule has 3 atom stereocenters. The van der Waals surface area contributed by atoms with E-state index in [0.29, 0.717) is 12.6 Å². The van der Waals surface area contributed by atoms with Crippen LogP contribution in [-0.4, -0.2) is 41.8 Å². The van der Waals surface area contributed by atoms with Gasteiger partial charge in [0, 0.05) is 12.6 Å². The largest absolute Gasteiger partial charge is 0.389 e. The summed E-state index contributed by atoms with van der Waals surface area (Å²) in [5.74, 6) is 0. The lowest BCUT2D eigenvalue weighted by atomic mass is 10.0. The van der Waals surface area contributed by atoms with Crippen LogP contribution in [0.5, 0.6) is 0 Å². The normalized spacial score (nSPS) is 22.9. The highest BCUT2D eigenvalue weighted by molar-refractivity contribution is 5.17. The predicted octanol–water partition coefficient (Wildman–Crippen LogP) is 3.39. The quantitative estimate of drug-likeness (QED) is 0.836. The van der Waals surface area contributed by atoms with Gasteiger partial charge in [-0.2, -0.15) is 0 Å². The van der Waals surface area contributed by atoms with E-state index in [-0.39, 0.29) is 6.10 Å².